The Morgan fingerprint density at radius 2 is 1.78 bits per heavy atom. The molecule has 27 heavy (non-hydrogen) atoms. The highest BCUT2D eigenvalue weighted by Crippen LogP contribution is 2.36. The molecule has 0 unspecified atom stereocenters. The number of hydrogen-bond donors (Lipinski definition) is 1. The second-order valence-electron chi connectivity index (χ2n) is 5.47. The molecule has 0 saturated carbocycles. The predicted octanol–water partition coefficient (Wildman–Crippen LogP) is 5.17. The molecule has 3 rings (SSSR count). The normalized spacial score (nSPS) is 15.7. The summed E-state index contributed by atoms with van der Waals surface area (Å²) in [6.07, 6.45) is 1.58. The number of ether oxygens (including phenoxy) is 1. The van der Waals surface area contributed by atoms with Crippen LogP contribution < -0.4 is 4.74 Å². The van der Waals surface area contributed by atoms with Crippen LogP contribution in [0.15, 0.2) is 50.2 Å². The first kappa shape index (κ1) is 19.9. The van der Waals surface area contributed by atoms with Crippen molar-refractivity contribution < 1.29 is 23.8 Å². The molecule has 9 heteroatoms. The van der Waals surface area contributed by atoms with Crippen LogP contribution in [0.3, 0.4) is 0 Å². The Labute approximate surface area is 175 Å². The third-order valence-corrected chi connectivity index (χ3v) is 5.72. The molecule has 2 aromatic rings. The minimum absolute atomic E-state index is 0.0539. The average Bonchev–Trinajstić information content (AvgIpc) is 2.88. The minimum Gasteiger partial charge on any atom is -0.506 e. The van der Waals surface area contributed by atoms with Crippen LogP contribution in [-0.2, 0) is 4.79 Å². The van der Waals surface area contributed by atoms with Gasteiger partial charge in [0, 0.05) is 0 Å². The fraction of sp³-hybridized carbons (Fsp3) is 0.111. The summed E-state index contributed by atoms with van der Waals surface area (Å²) in [5.74, 6) is -0.269. The van der Waals surface area contributed by atoms with Crippen molar-refractivity contribution in [2.75, 3.05) is 13.2 Å². The first-order chi connectivity index (χ1) is 12.8. The number of aromatic hydroxyl groups is 1. The molecule has 2 aromatic carbocycles. The lowest BCUT2D eigenvalue weighted by molar-refractivity contribution is -0.123. The Bertz CT molecular complexity index is 910. The molecule has 140 valence electrons. The molecule has 1 fully saturated rings. The molecule has 5 nitrogen and oxygen atoms in total. The number of amides is 2. The van der Waals surface area contributed by atoms with Crippen LogP contribution in [0, 0.1) is 5.82 Å². The van der Waals surface area contributed by atoms with Gasteiger partial charge in [-0.25, -0.2) is 4.39 Å². The van der Waals surface area contributed by atoms with E-state index in [0.29, 0.717) is 20.3 Å². The first-order valence-corrected chi connectivity index (χ1v) is 10.1. The van der Waals surface area contributed by atoms with Crippen LogP contribution in [0.25, 0.3) is 6.08 Å². The molecule has 1 heterocycles. The molecule has 1 aliphatic rings. The quantitative estimate of drug-likeness (QED) is 0.555. The third-order valence-electron chi connectivity index (χ3n) is 3.61. The average molecular weight is 517 g/mol. The summed E-state index contributed by atoms with van der Waals surface area (Å²) in [5.41, 5.74) is 0.652. The van der Waals surface area contributed by atoms with E-state index in [1.54, 1.807) is 18.2 Å². The number of nitrogens with zero attached hydrogens (tertiary/aromatic N) is 1. The van der Waals surface area contributed by atoms with Crippen molar-refractivity contribution >= 4 is 60.8 Å². The zero-order valence-electron chi connectivity index (χ0n) is 13.6. The maximum absolute atomic E-state index is 12.9. The maximum Gasteiger partial charge on any atom is 0.293 e. The lowest BCUT2D eigenvalue weighted by Crippen LogP contribution is -2.32. The molecular formula is C18H12Br2FNO4S. The number of imide groups is 1. The van der Waals surface area contributed by atoms with E-state index in [2.05, 4.69) is 31.9 Å². The highest BCUT2D eigenvalue weighted by atomic mass is 79.9. The van der Waals surface area contributed by atoms with Crippen LogP contribution in [0.2, 0.25) is 0 Å². The van der Waals surface area contributed by atoms with E-state index in [-0.39, 0.29) is 34.9 Å². The Hall–Kier alpha value is -1.84. The summed E-state index contributed by atoms with van der Waals surface area (Å²) in [6.45, 7) is 0.190. The summed E-state index contributed by atoms with van der Waals surface area (Å²) >= 11 is 7.30. The van der Waals surface area contributed by atoms with Gasteiger partial charge in [0.25, 0.3) is 11.1 Å². The van der Waals surface area contributed by atoms with Crippen LogP contribution in [0.4, 0.5) is 9.18 Å². The van der Waals surface area contributed by atoms with Crippen molar-refractivity contribution in [1.29, 1.82) is 0 Å². The fourth-order valence-corrected chi connectivity index (χ4v) is 4.39. The molecule has 0 aliphatic carbocycles. The number of carbonyl (C=O) groups excluding carboxylic acids is 2. The highest BCUT2D eigenvalue weighted by molar-refractivity contribution is 9.11. The van der Waals surface area contributed by atoms with Gasteiger partial charge >= 0.3 is 0 Å². The second-order valence-corrected chi connectivity index (χ2v) is 8.17. The molecule has 0 atom stereocenters. The van der Waals surface area contributed by atoms with Gasteiger partial charge in [-0.2, -0.15) is 0 Å². The van der Waals surface area contributed by atoms with Gasteiger partial charge in [0.15, 0.2) is 0 Å². The van der Waals surface area contributed by atoms with E-state index < -0.39 is 5.91 Å². The Kier molecular flexibility index (Phi) is 6.23. The molecule has 0 aromatic heterocycles. The van der Waals surface area contributed by atoms with Gasteiger partial charge in [-0.3, -0.25) is 14.5 Å². The number of benzene rings is 2. The number of thioether (sulfide) groups is 1. The Morgan fingerprint density at radius 1 is 1.15 bits per heavy atom. The smallest absolute Gasteiger partial charge is 0.293 e. The molecule has 1 N–H and O–H groups in total. The van der Waals surface area contributed by atoms with Gasteiger partial charge in [-0.1, -0.05) is 0 Å². The molecule has 0 spiro atoms. The topological polar surface area (TPSA) is 66.8 Å². The summed E-state index contributed by atoms with van der Waals surface area (Å²) in [5, 5.41) is 9.37. The van der Waals surface area contributed by atoms with Crippen molar-refractivity contribution in [3.63, 3.8) is 0 Å². The monoisotopic (exact) mass is 515 g/mol. The lowest BCUT2D eigenvalue weighted by atomic mass is 10.2. The number of phenols is 1. The van der Waals surface area contributed by atoms with Crippen LogP contribution in [0.1, 0.15) is 5.56 Å². The van der Waals surface area contributed by atoms with Gasteiger partial charge in [-0.15, -0.1) is 0 Å². The highest BCUT2D eigenvalue weighted by Gasteiger charge is 2.34. The molecule has 1 aliphatic heterocycles. The van der Waals surface area contributed by atoms with E-state index in [0.717, 1.165) is 16.7 Å². The lowest BCUT2D eigenvalue weighted by Gasteiger charge is -2.13. The van der Waals surface area contributed by atoms with E-state index in [1.807, 2.05) is 0 Å². The largest absolute Gasteiger partial charge is 0.506 e. The van der Waals surface area contributed by atoms with E-state index in [1.165, 1.54) is 24.3 Å². The summed E-state index contributed by atoms with van der Waals surface area (Å²) in [6, 6.07) is 8.78. The molecular weight excluding hydrogens is 505 g/mol. The standard InChI is InChI=1S/C18H12Br2FNO4S/c19-13-7-10(8-14(20)16(13)23)9-15-17(24)22(18(25)27-15)5-6-26-12-3-1-11(21)2-4-12/h1-4,7-9,23H,5-6H2/b15-9-. The van der Waals surface area contributed by atoms with Gasteiger partial charge in [0.1, 0.15) is 23.9 Å². The maximum atomic E-state index is 12.9. The van der Waals surface area contributed by atoms with Crippen LogP contribution >= 0.6 is 43.6 Å². The Balaban J connectivity index is 1.66. The van der Waals surface area contributed by atoms with Gasteiger partial charge in [-0.05, 0) is 91.7 Å². The summed E-state index contributed by atoms with van der Waals surface area (Å²) in [7, 11) is 0. The number of halogens is 3. The molecule has 0 bridgehead atoms. The van der Waals surface area contributed by atoms with Crippen molar-refractivity contribution in [2.45, 2.75) is 0 Å². The molecule has 1 saturated heterocycles. The SMILES string of the molecule is O=C1S/C(=C\c2cc(Br)c(O)c(Br)c2)C(=O)N1CCOc1ccc(F)cc1. The number of hydrogen-bond acceptors (Lipinski definition) is 5. The first-order valence-electron chi connectivity index (χ1n) is 7.67. The molecule has 2 amide bonds. The van der Waals surface area contributed by atoms with E-state index in [4.69, 9.17) is 4.74 Å². The predicted molar refractivity (Wildman–Crippen MR) is 108 cm³/mol. The third kappa shape index (κ3) is 4.72. The van der Waals surface area contributed by atoms with Gasteiger partial charge in [0.05, 0.1) is 20.4 Å². The second kappa shape index (κ2) is 8.45. The zero-order chi connectivity index (χ0) is 19.6. The van der Waals surface area contributed by atoms with Crippen molar-refractivity contribution in [1.82, 2.24) is 4.90 Å². The number of carbonyl (C=O) groups is 2. The summed E-state index contributed by atoms with van der Waals surface area (Å²) in [4.78, 5) is 26.0. The van der Waals surface area contributed by atoms with Crippen molar-refractivity contribution in [2.24, 2.45) is 0 Å². The number of rotatable bonds is 5. The van der Waals surface area contributed by atoms with E-state index >= 15 is 0 Å². The van der Waals surface area contributed by atoms with Crippen LogP contribution in [-0.4, -0.2) is 34.3 Å². The fourth-order valence-electron chi connectivity index (χ4n) is 2.30. The van der Waals surface area contributed by atoms with E-state index in [9.17, 15) is 19.1 Å². The summed E-state index contributed by atoms with van der Waals surface area (Å²) < 4.78 is 19.2. The molecule has 0 radical (unpaired) electrons. The van der Waals surface area contributed by atoms with Gasteiger partial charge in [0.2, 0.25) is 0 Å². The zero-order valence-corrected chi connectivity index (χ0v) is 17.6. The minimum atomic E-state index is -0.409. The number of phenolic OH excluding ortho intramolecular Hbond substituents is 1. The van der Waals surface area contributed by atoms with Crippen molar-refractivity contribution in [3.8, 4) is 11.5 Å². The Morgan fingerprint density at radius 3 is 2.41 bits per heavy atom. The van der Waals surface area contributed by atoms with Crippen LogP contribution in [0.5, 0.6) is 11.5 Å². The van der Waals surface area contributed by atoms with Gasteiger partial charge < -0.3 is 9.84 Å². The van der Waals surface area contributed by atoms with Crippen molar-refractivity contribution in [3.05, 3.63) is 61.6 Å².